The summed E-state index contributed by atoms with van der Waals surface area (Å²) in [6, 6.07) is 12.0. The van der Waals surface area contributed by atoms with E-state index in [2.05, 4.69) is 5.32 Å². The summed E-state index contributed by atoms with van der Waals surface area (Å²) >= 11 is 0. The molecular weight excluding hydrogens is 374 g/mol. The number of carbonyl (C=O) groups is 2. The highest BCUT2D eigenvalue weighted by Gasteiger charge is 2.17. The van der Waals surface area contributed by atoms with Crippen LogP contribution in [0.15, 0.2) is 36.4 Å². The third-order valence-electron chi connectivity index (χ3n) is 4.18. The topological polar surface area (TPSA) is 101 Å². The number of amides is 2. The first-order valence-electron chi connectivity index (χ1n) is 8.81. The summed E-state index contributed by atoms with van der Waals surface area (Å²) in [5, 5.41) is 11.8. The van der Waals surface area contributed by atoms with Crippen LogP contribution in [0.1, 0.15) is 18.9 Å². The Kier molecular flexibility index (Phi) is 7.43. The molecule has 0 saturated heterocycles. The standard InChI is InChI=1S/C21H23N3O5/c1-14(25)24(17-7-5-6-15(10-17)13-22)9-8-20(26)23-16-11-18(27-2)21(29-4)19(12-16)28-3/h5-7,10-12H,8-9H2,1-4H3,(H,23,26). The van der Waals surface area contributed by atoms with Crippen LogP contribution in [-0.2, 0) is 9.59 Å². The molecule has 2 aromatic rings. The van der Waals surface area contributed by atoms with Gasteiger partial charge in [-0.1, -0.05) is 6.07 Å². The Bertz CT molecular complexity index is 911. The summed E-state index contributed by atoms with van der Waals surface area (Å²) in [5.74, 6) is 0.748. The molecule has 0 spiro atoms. The number of nitrogens with zero attached hydrogens (tertiary/aromatic N) is 2. The minimum atomic E-state index is -0.290. The minimum Gasteiger partial charge on any atom is -0.493 e. The Balaban J connectivity index is 2.12. The van der Waals surface area contributed by atoms with Crippen molar-refractivity contribution in [2.24, 2.45) is 0 Å². The van der Waals surface area contributed by atoms with Crippen molar-refractivity contribution in [1.29, 1.82) is 5.26 Å². The predicted molar refractivity (Wildman–Crippen MR) is 109 cm³/mol. The van der Waals surface area contributed by atoms with Crippen molar-refractivity contribution in [3.05, 3.63) is 42.0 Å². The molecule has 2 aromatic carbocycles. The van der Waals surface area contributed by atoms with Crippen LogP contribution in [0.5, 0.6) is 17.2 Å². The Labute approximate surface area is 169 Å². The van der Waals surface area contributed by atoms with E-state index in [0.29, 0.717) is 34.2 Å². The van der Waals surface area contributed by atoms with Gasteiger partial charge in [0.2, 0.25) is 17.6 Å². The molecule has 0 aliphatic heterocycles. The van der Waals surface area contributed by atoms with Crippen molar-refractivity contribution >= 4 is 23.2 Å². The van der Waals surface area contributed by atoms with Crippen LogP contribution >= 0.6 is 0 Å². The number of methoxy groups -OCH3 is 3. The van der Waals surface area contributed by atoms with Crippen LogP contribution in [0, 0.1) is 11.3 Å². The highest BCUT2D eigenvalue weighted by Crippen LogP contribution is 2.39. The fourth-order valence-corrected chi connectivity index (χ4v) is 2.80. The third-order valence-corrected chi connectivity index (χ3v) is 4.18. The molecule has 0 aliphatic carbocycles. The zero-order valence-electron chi connectivity index (χ0n) is 16.8. The molecule has 0 unspecified atom stereocenters. The lowest BCUT2D eigenvalue weighted by Crippen LogP contribution is -2.32. The van der Waals surface area contributed by atoms with E-state index in [1.165, 1.54) is 33.2 Å². The molecular formula is C21H23N3O5. The van der Waals surface area contributed by atoms with E-state index in [9.17, 15) is 9.59 Å². The molecule has 1 N–H and O–H groups in total. The van der Waals surface area contributed by atoms with E-state index in [0.717, 1.165) is 0 Å². The van der Waals surface area contributed by atoms with Crippen LogP contribution < -0.4 is 24.4 Å². The Morgan fingerprint density at radius 3 is 2.24 bits per heavy atom. The van der Waals surface area contributed by atoms with Crippen molar-refractivity contribution in [2.45, 2.75) is 13.3 Å². The van der Waals surface area contributed by atoms with Gasteiger partial charge in [0.05, 0.1) is 33.0 Å². The largest absolute Gasteiger partial charge is 0.493 e. The van der Waals surface area contributed by atoms with Crippen molar-refractivity contribution < 1.29 is 23.8 Å². The fourth-order valence-electron chi connectivity index (χ4n) is 2.80. The molecule has 0 atom stereocenters. The maximum atomic E-state index is 12.4. The molecule has 2 rings (SSSR count). The number of hydrogen-bond acceptors (Lipinski definition) is 6. The van der Waals surface area contributed by atoms with Crippen LogP contribution in [-0.4, -0.2) is 39.7 Å². The van der Waals surface area contributed by atoms with E-state index in [-0.39, 0.29) is 24.8 Å². The summed E-state index contributed by atoms with van der Waals surface area (Å²) in [6.45, 7) is 1.58. The van der Waals surface area contributed by atoms with Gasteiger partial charge in [-0.25, -0.2) is 0 Å². The molecule has 29 heavy (non-hydrogen) atoms. The van der Waals surface area contributed by atoms with Gasteiger partial charge in [0, 0.05) is 43.4 Å². The van der Waals surface area contributed by atoms with E-state index in [4.69, 9.17) is 19.5 Å². The summed E-state index contributed by atoms with van der Waals surface area (Å²) in [6.07, 6.45) is 0.0625. The average molecular weight is 397 g/mol. The normalized spacial score (nSPS) is 9.90. The monoisotopic (exact) mass is 397 g/mol. The Hall–Kier alpha value is -3.73. The number of ether oxygens (including phenoxy) is 3. The van der Waals surface area contributed by atoms with Gasteiger partial charge in [-0.05, 0) is 18.2 Å². The van der Waals surface area contributed by atoms with Gasteiger partial charge < -0.3 is 24.4 Å². The highest BCUT2D eigenvalue weighted by molar-refractivity contribution is 5.95. The second-order valence-electron chi connectivity index (χ2n) is 6.04. The number of rotatable bonds is 8. The number of carbonyl (C=O) groups excluding carboxylic acids is 2. The van der Waals surface area contributed by atoms with E-state index in [1.807, 2.05) is 6.07 Å². The summed E-state index contributed by atoms with van der Waals surface area (Å²) in [7, 11) is 4.47. The van der Waals surface area contributed by atoms with Crippen LogP contribution in [0.3, 0.4) is 0 Å². The summed E-state index contributed by atoms with van der Waals surface area (Å²) in [4.78, 5) is 25.9. The van der Waals surface area contributed by atoms with Crippen LogP contribution in [0.4, 0.5) is 11.4 Å². The van der Waals surface area contributed by atoms with Crippen molar-refractivity contribution in [3.8, 4) is 23.3 Å². The lowest BCUT2D eigenvalue weighted by Gasteiger charge is -2.21. The van der Waals surface area contributed by atoms with Crippen LogP contribution in [0.25, 0.3) is 0 Å². The molecule has 0 aromatic heterocycles. The van der Waals surface area contributed by atoms with Gasteiger partial charge in [-0.2, -0.15) is 5.26 Å². The smallest absolute Gasteiger partial charge is 0.226 e. The predicted octanol–water partition coefficient (Wildman–Crippen LogP) is 2.97. The minimum absolute atomic E-state index is 0.0625. The molecule has 8 heteroatoms. The van der Waals surface area contributed by atoms with Gasteiger partial charge in [-0.3, -0.25) is 9.59 Å². The quantitative estimate of drug-likeness (QED) is 0.735. The lowest BCUT2D eigenvalue weighted by atomic mass is 10.2. The molecule has 8 nitrogen and oxygen atoms in total. The first-order chi connectivity index (χ1) is 13.9. The molecule has 0 bridgehead atoms. The van der Waals surface area contributed by atoms with Gasteiger partial charge in [0.1, 0.15) is 0 Å². The third kappa shape index (κ3) is 5.39. The van der Waals surface area contributed by atoms with Crippen molar-refractivity contribution in [2.75, 3.05) is 38.1 Å². The SMILES string of the molecule is COc1cc(NC(=O)CCN(C(C)=O)c2cccc(C#N)c2)cc(OC)c1OC. The zero-order chi connectivity index (χ0) is 21.4. The van der Waals surface area contributed by atoms with Crippen molar-refractivity contribution in [1.82, 2.24) is 0 Å². The second kappa shape index (κ2) is 9.99. The number of anilines is 2. The first kappa shape index (κ1) is 21.6. The molecule has 2 amide bonds. The number of benzene rings is 2. The van der Waals surface area contributed by atoms with Gasteiger partial charge >= 0.3 is 0 Å². The molecule has 0 fully saturated rings. The highest BCUT2D eigenvalue weighted by atomic mass is 16.5. The van der Waals surface area contributed by atoms with Gasteiger partial charge in [0.25, 0.3) is 0 Å². The summed E-state index contributed by atoms with van der Waals surface area (Å²) < 4.78 is 15.8. The maximum Gasteiger partial charge on any atom is 0.226 e. The van der Waals surface area contributed by atoms with Gasteiger partial charge in [0.15, 0.2) is 11.5 Å². The maximum absolute atomic E-state index is 12.4. The van der Waals surface area contributed by atoms with Gasteiger partial charge in [-0.15, -0.1) is 0 Å². The second-order valence-corrected chi connectivity index (χ2v) is 6.04. The lowest BCUT2D eigenvalue weighted by molar-refractivity contribution is -0.117. The van der Waals surface area contributed by atoms with E-state index >= 15 is 0 Å². The average Bonchev–Trinajstić information content (AvgIpc) is 2.72. The van der Waals surface area contributed by atoms with Crippen molar-refractivity contribution in [3.63, 3.8) is 0 Å². The number of nitriles is 1. The number of hydrogen-bond donors (Lipinski definition) is 1. The van der Waals surface area contributed by atoms with E-state index < -0.39 is 0 Å². The van der Waals surface area contributed by atoms with E-state index in [1.54, 1.807) is 36.4 Å². The number of nitrogens with one attached hydrogen (secondary N) is 1. The molecule has 0 radical (unpaired) electrons. The zero-order valence-corrected chi connectivity index (χ0v) is 16.8. The first-order valence-corrected chi connectivity index (χ1v) is 8.81. The summed E-state index contributed by atoms with van der Waals surface area (Å²) in [5.41, 5.74) is 1.48. The molecule has 0 heterocycles. The molecule has 152 valence electrons. The molecule has 0 aliphatic rings. The Morgan fingerprint density at radius 2 is 1.72 bits per heavy atom. The van der Waals surface area contributed by atoms with Crippen LogP contribution in [0.2, 0.25) is 0 Å². The fraction of sp³-hybridized carbons (Fsp3) is 0.286. The molecule has 0 saturated carbocycles. The Morgan fingerprint density at radius 1 is 1.07 bits per heavy atom.